The highest BCUT2D eigenvalue weighted by Crippen LogP contribution is 2.43. The van der Waals surface area contributed by atoms with E-state index in [0.29, 0.717) is 6.61 Å². The summed E-state index contributed by atoms with van der Waals surface area (Å²) < 4.78 is 33.5. The number of allylic oxidation sites excluding steroid dienone is 2. The van der Waals surface area contributed by atoms with Crippen LogP contribution in [0.4, 0.5) is 0 Å². The Morgan fingerprint density at radius 2 is 0.850 bits per heavy atom. The largest absolute Gasteiger partial charge is 0.472 e. The van der Waals surface area contributed by atoms with Crippen molar-refractivity contribution < 1.29 is 43.0 Å². The Bertz CT molecular complexity index is 949. The van der Waals surface area contributed by atoms with Crippen LogP contribution in [0.3, 0.4) is 0 Å². The molecule has 0 aromatic rings. The number of phosphoric ester groups is 1. The van der Waals surface area contributed by atoms with Crippen LogP contribution in [0.1, 0.15) is 258 Å². The zero-order valence-electron chi connectivity index (χ0n) is 39.5. The smallest absolute Gasteiger partial charge is 0.457 e. The topological polar surface area (TPSA) is 132 Å². The van der Waals surface area contributed by atoms with E-state index in [1.807, 2.05) is 0 Å². The lowest BCUT2D eigenvalue weighted by Crippen LogP contribution is -2.29. The Labute approximate surface area is 370 Å². The van der Waals surface area contributed by atoms with Gasteiger partial charge in [-0.3, -0.25) is 13.8 Å². The van der Waals surface area contributed by atoms with Crippen molar-refractivity contribution >= 4 is 13.8 Å². The fourth-order valence-corrected chi connectivity index (χ4v) is 8.32. The molecule has 3 unspecified atom stereocenters. The summed E-state index contributed by atoms with van der Waals surface area (Å²) in [4.78, 5) is 22.7. The number of aliphatic hydroxyl groups excluding tert-OH is 2. The molecule has 0 aliphatic carbocycles. The van der Waals surface area contributed by atoms with E-state index >= 15 is 0 Å². The number of rotatable bonds is 50. The van der Waals surface area contributed by atoms with E-state index in [1.54, 1.807) is 0 Å². The van der Waals surface area contributed by atoms with Crippen molar-refractivity contribution in [2.24, 2.45) is 0 Å². The van der Waals surface area contributed by atoms with Gasteiger partial charge in [0.15, 0.2) is 0 Å². The number of hydrogen-bond acceptors (Lipinski definition) is 8. The highest BCUT2D eigenvalue weighted by atomic mass is 31.2. The first-order chi connectivity index (χ1) is 29.3. The zero-order valence-corrected chi connectivity index (χ0v) is 40.3. The van der Waals surface area contributed by atoms with Gasteiger partial charge >= 0.3 is 13.8 Å². The van der Waals surface area contributed by atoms with Crippen molar-refractivity contribution in [3.63, 3.8) is 0 Å². The van der Waals surface area contributed by atoms with Gasteiger partial charge in [-0.1, -0.05) is 225 Å². The van der Waals surface area contributed by atoms with Crippen molar-refractivity contribution in [3.05, 3.63) is 12.2 Å². The van der Waals surface area contributed by atoms with Crippen molar-refractivity contribution in [1.82, 2.24) is 0 Å². The summed E-state index contributed by atoms with van der Waals surface area (Å²) >= 11 is 0. The van der Waals surface area contributed by atoms with Gasteiger partial charge in [0.05, 0.1) is 26.4 Å². The quantitative estimate of drug-likeness (QED) is 0.0236. The predicted octanol–water partition coefficient (Wildman–Crippen LogP) is 14.8. The van der Waals surface area contributed by atoms with Crippen molar-refractivity contribution in [2.45, 2.75) is 270 Å². The molecule has 9 nitrogen and oxygen atoms in total. The Balaban J connectivity index is 4.04. The number of hydrogen-bond donors (Lipinski definition) is 3. The predicted molar refractivity (Wildman–Crippen MR) is 251 cm³/mol. The van der Waals surface area contributed by atoms with Crippen molar-refractivity contribution in [3.8, 4) is 0 Å². The summed E-state index contributed by atoms with van der Waals surface area (Å²) in [5.74, 6) is -0.376. The molecule has 10 heteroatoms. The summed E-state index contributed by atoms with van der Waals surface area (Å²) in [5.41, 5.74) is 0. The number of unbranched alkanes of at least 4 members (excludes halogenated alkanes) is 34. The normalized spacial score (nSPS) is 13.9. The van der Waals surface area contributed by atoms with Gasteiger partial charge in [0, 0.05) is 13.0 Å². The highest BCUT2D eigenvalue weighted by Gasteiger charge is 2.26. The molecular formula is C50H99O9P. The molecule has 0 aromatic heterocycles. The average molecular weight is 875 g/mol. The molecule has 0 aromatic carbocycles. The summed E-state index contributed by atoms with van der Waals surface area (Å²) in [6.07, 6.45) is 50.3. The van der Waals surface area contributed by atoms with Crippen LogP contribution in [0.2, 0.25) is 0 Å². The van der Waals surface area contributed by atoms with Crippen molar-refractivity contribution in [1.29, 1.82) is 0 Å². The van der Waals surface area contributed by atoms with Gasteiger partial charge in [0.25, 0.3) is 0 Å². The molecule has 3 atom stereocenters. The van der Waals surface area contributed by atoms with E-state index in [1.165, 1.54) is 205 Å². The SMILES string of the molecule is CCCCCCCC/C=C\CCCCCCCCCCCCOCC(COP(=O)(O)OCC(O)CO)OC(=O)CCCCCCCCCCCCCCCCCCCCC. The van der Waals surface area contributed by atoms with E-state index in [-0.39, 0.29) is 25.6 Å². The second-order valence-corrected chi connectivity index (χ2v) is 19.0. The van der Waals surface area contributed by atoms with Gasteiger partial charge < -0.3 is 24.6 Å². The van der Waals surface area contributed by atoms with Crippen LogP contribution >= 0.6 is 7.82 Å². The van der Waals surface area contributed by atoms with Crippen LogP contribution in [0.5, 0.6) is 0 Å². The fraction of sp³-hybridized carbons (Fsp3) is 0.940. The van der Waals surface area contributed by atoms with Gasteiger partial charge in [-0.05, 0) is 38.5 Å². The van der Waals surface area contributed by atoms with E-state index < -0.39 is 33.2 Å². The van der Waals surface area contributed by atoms with Crippen LogP contribution in [0.25, 0.3) is 0 Å². The fourth-order valence-electron chi connectivity index (χ4n) is 7.53. The van der Waals surface area contributed by atoms with E-state index in [9.17, 15) is 19.4 Å². The number of ether oxygens (including phenoxy) is 2. The molecular weight excluding hydrogens is 776 g/mol. The maximum Gasteiger partial charge on any atom is 0.472 e. The van der Waals surface area contributed by atoms with Crippen LogP contribution in [0, 0.1) is 0 Å². The second kappa shape index (κ2) is 47.7. The Hall–Kier alpha value is -0.800. The summed E-state index contributed by atoms with van der Waals surface area (Å²) in [6.45, 7) is 3.58. The Morgan fingerprint density at radius 1 is 0.500 bits per heavy atom. The van der Waals surface area contributed by atoms with E-state index in [0.717, 1.165) is 32.1 Å². The maximum atomic E-state index is 12.7. The third-order valence-electron chi connectivity index (χ3n) is 11.5. The number of aliphatic hydroxyl groups is 2. The van der Waals surface area contributed by atoms with Crippen LogP contribution < -0.4 is 0 Å². The Morgan fingerprint density at radius 3 is 1.25 bits per heavy atom. The van der Waals surface area contributed by atoms with Gasteiger partial charge in [0.1, 0.15) is 12.2 Å². The third kappa shape index (κ3) is 46.7. The number of carbonyl (C=O) groups is 1. The second-order valence-electron chi connectivity index (χ2n) is 17.5. The average Bonchev–Trinajstić information content (AvgIpc) is 3.24. The minimum absolute atomic E-state index is 0.0547. The lowest BCUT2D eigenvalue weighted by Gasteiger charge is -2.20. The molecule has 0 amide bonds. The first kappa shape index (κ1) is 59.2. The first-order valence-electron chi connectivity index (χ1n) is 25.7. The van der Waals surface area contributed by atoms with Crippen LogP contribution in [-0.4, -0.2) is 66.3 Å². The zero-order chi connectivity index (χ0) is 43.9. The number of phosphoric acid groups is 1. The van der Waals surface area contributed by atoms with Gasteiger partial charge in [-0.25, -0.2) is 4.57 Å². The molecule has 0 aliphatic heterocycles. The lowest BCUT2D eigenvalue weighted by atomic mass is 10.0. The molecule has 60 heavy (non-hydrogen) atoms. The Kier molecular flexibility index (Phi) is 47.0. The molecule has 3 N–H and O–H groups in total. The van der Waals surface area contributed by atoms with Crippen molar-refractivity contribution in [2.75, 3.05) is 33.0 Å². The molecule has 0 fully saturated rings. The van der Waals surface area contributed by atoms with Gasteiger partial charge in [-0.15, -0.1) is 0 Å². The van der Waals surface area contributed by atoms with E-state index in [4.69, 9.17) is 23.6 Å². The molecule has 0 radical (unpaired) electrons. The number of carbonyl (C=O) groups excluding carboxylic acids is 1. The number of esters is 1. The molecule has 0 heterocycles. The molecule has 0 spiro atoms. The highest BCUT2D eigenvalue weighted by molar-refractivity contribution is 7.47. The van der Waals surface area contributed by atoms with Gasteiger partial charge in [-0.2, -0.15) is 0 Å². The molecule has 0 rings (SSSR count). The minimum Gasteiger partial charge on any atom is -0.457 e. The molecule has 0 saturated heterocycles. The van der Waals surface area contributed by atoms with Gasteiger partial charge in [0.2, 0.25) is 0 Å². The van der Waals surface area contributed by atoms with Crippen LogP contribution in [-0.2, 0) is 27.9 Å². The molecule has 0 saturated carbocycles. The van der Waals surface area contributed by atoms with Crippen LogP contribution in [0.15, 0.2) is 12.2 Å². The molecule has 0 aliphatic rings. The third-order valence-corrected chi connectivity index (χ3v) is 12.4. The first-order valence-corrected chi connectivity index (χ1v) is 27.2. The molecule has 358 valence electrons. The summed E-state index contributed by atoms with van der Waals surface area (Å²) in [7, 11) is -4.52. The summed E-state index contributed by atoms with van der Waals surface area (Å²) in [5, 5.41) is 18.4. The monoisotopic (exact) mass is 875 g/mol. The standard InChI is InChI=1S/C50H99O9P/c1-3-5-7-9-11-13-15-17-19-21-23-25-27-29-31-33-35-37-39-41-43-56-46-49(47-58-60(54,55)57-45-48(52)44-51)59-50(53)42-40-38-36-34-32-30-28-26-24-22-20-18-16-14-12-10-8-6-4-2/h17,19,48-49,51-52H,3-16,18,20-47H2,1-2H3,(H,54,55)/b19-17-. The molecule has 0 bridgehead atoms. The summed E-state index contributed by atoms with van der Waals surface area (Å²) in [6, 6.07) is 0. The minimum atomic E-state index is -4.52. The maximum absolute atomic E-state index is 12.7. The van der Waals surface area contributed by atoms with E-state index in [2.05, 4.69) is 26.0 Å². The lowest BCUT2D eigenvalue weighted by molar-refractivity contribution is -0.154.